The number of nitrogens with two attached hydrogens (primary N) is 1. The third kappa shape index (κ3) is 2.95. The standard InChI is InChI=1S/C15H17ClN4S/c1-2-5-11(17)12-8-20(19-18-12)9-14-15(16)10-6-3-4-7-13(10)21-14/h3-4,6-8,11H,2,5,9,17H2,1H3. The fraction of sp³-hybridized carbons (Fsp3) is 0.333. The van der Waals surface area contributed by atoms with Gasteiger partial charge in [0.05, 0.1) is 29.5 Å². The highest BCUT2D eigenvalue weighted by atomic mass is 35.5. The van der Waals surface area contributed by atoms with Crippen molar-refractivity contribution < 1.29 is 0 Å². The van der Waals surface area contributed by atoms with E-state index < -0.39 is 0 Å². The Labute approximate surface area is 132 Å². The van der Waals surface area contributed by atoms with Crippen LogP contribution in [0.1, 0.15) is 36.4 Å². The topological polar surface area (TPSA) is 56.7 Å². The highest BCUT2D eigenvalue weighted by Crippen LogP contribution is 2.35. The number of halogens is 1. The fourth-order valence-electron chi connectivity index (χ4n) is 2.33. The van der Waals surface area contributed by atoms with Gasteiger partial charge in [-0.15, -0.1) is 16.4 Å². The largest absolute Gasteiger partial charge is 0.323 e. The van der Waals surface area contributed by atoms with E-state index in [9.17, 15) is 0 Å². The molecule has 1 atom stereocenters. The van der Waals surface area contributed by atoms with E-state index in [0.717, 1.165) is 33.8 Å². The minimum absolute atomic E-state index is 0.0402. The van der Waals surface area contributed by atoms with Crippen LogP contribution < -0.4 is 5.73 Å². The van der Waals surface area contributed by atoms with Crippen molar-refractivity contribution in [1.29, 1.82) is 0 Å². The van der Waals surface area contributed by atoms with Crippen molar-refractivity contribution in [2.45, 2.75) is 32.4 Å². The summed E-state index contributed by atoms with van der Waals surface area (Å²) in [4.78, 5) is 1.10. The van der Waals surface area contributed by atoms with Crippen molar-refractivity contribution in [3.63, 3.8) is 0 Å². The van der Waals surface area contributed by atoms with E-state index in [-0.39, 0.29) is 6.04 Å². The average molecular weight is 321 g/mol. The number of hydrogen-bond acceptors (Lipinski definition) is 4. The van der Waals surface area contributed by atoms with Gasteiger partial charge < -0.3 is 5.73 Å². The maximum atomic E-state index is 6.45. The van der Waals surface area contributed by atoms with E-state index in [1.165, 1.54) is 4.70 Å². The van der Waals surface area contributed by atoms with Gasteiger partial charge in [0.1, 0.15) is 0 Å². The van der Waals surface area contributed by atoms with Crippen LogP contribution in [0.3, 0.4) is 0 Å². The van der Waals surface area contributed by atoms with E-state index in [1.807, 2.05) is 24.4 Å². The van der Waals surface area contributed by atoms with Gasteiger partial charge in [0.2, 0.25) is 0 Å². The number of benzene rings is 1. The molecule has 6 heteroatoms. The first-order valence-corrected chi connectivity index (χ1v) is 8.20. The van der Waals surface area contributed by atoms with Gasteiger partial charge in [-0.3, -0.25) is 0 Å². The minimum atomic E-state index is -0.0402. The number of nitrogens with zero attached hydrogens (tertiary/aromatic N) is 3. The molecule has 0 aliphatic carbocycles. The molecule has 21 heavy (non-hydrogen) atoms. The smallest absolute Gasteiger partial charge is 0.0994 e. The quantitative estimate of drug-likeness (QED) is 0.773. The van der Waals surface area contributed by atoms with Crippen molar-refractivity contribution in [3.05, 3.63) is 46.1 Å². The van der Waals surface area contributed by atoms with Crippen LogP contribution in [0.25, 0.3) is 10.1 Å². The van der Waals surface area contributed by atoms with Crippen LogP contribution in [-0.2, 0) is 6.54 Å². The Bertz CT molecular complexity index is 749. The average Bonchev–Trinajstić information content (AvgIpc) is 3.06. The Morgan fingerprint density at radius 1 is 1.38 bits per heavy atom. The second-order valence-corrected chi connectivity index (χ2v) is 6.59. The molecule has 0 spiro atoms. The molecule has 0 fully saturated rings. The molecule has 0 saturated carbocycles. The number of fused-ring (bicyclic) bond motifs is 1. The Kier molecular flexibility index (Phi) is 4.24. The number of thiophene rings is 1. The van der Waals surface area contributed by atoms with Crippen molar-refractivity contribution in [2.75, 3.05) is 0 Å². The lowest BCUT2D eigenvalue weighted by Gasteiger charge is -2.04. The molecule has 0 radical (unpaired) electrons. The summed E-state index contributed by atoms with van der Waals surface area (Å²) in [6.45, 7) is 2.74. The maximum absolute atomic E-state index is 6.45. The summed E-state index contributed by atoms with van der Waals surface area (Å²) in [6.07, 6.45) is 3.87. The van der Waals surface area contributed by atoms with E-state index in [0.29, 0.717) is 6.54 Å². The third-order valence-corrected chi connectivity index (χ3v) is 5.14. The summed E-state index contributed by atoms with van der Waals surface area (Å²) < 4.78 is 3.00. The van der Waals surface area contributed by atoms with Gasteiger partial charge in [-0.25, -0.2) is 4.68 Å². The van der Waals surface area contributed by atoms with Gasteiger partial charge in [-0.2, -0.15) is 0 Å². The van der Waals surface area contributed by atoms with E-state index in [4.69, 9.17) is 17.3 Å². The molecule has 0 saturated heterocycles. The predicted octanol–water partition coefficient (Wildman–Crippen LogP) is 3.99. The number of aromatic nitrogens is 3. The van der Waals surface area contributed by atoms with E-state index >= 15 is 0 Å². The molecule has 1 aromatic carbocycles. The Morgan fingerprint density at radius 2 is 2.19 bits per heavy atom. The lowest BCUT2D eigenvalue weighted by Crippen LogP contribution is -2.10. The predicted molar refractivity (Wildman–Crippen MR) is 87.8 cm³/mol. The van der Waals surface area contributed by atoms with Gasteiger partial charge in [-0.05, 0) is 12.5 Å². The van der Waals surface area contributed by atoms with Crippen LogP contribution in [-0.4, -0.2) is 15.0 Å². The van der Waals surface area contributed by atoms with Gasteiger partial charge in [0, 0.05) is 15.0 Å². The summed E-state index contributed by atoms with van der Waals surface area (Å²) in [7, 11) is 0. The molecule has 0 amide bonds. The molecule has 0 bridgehead atoms. The monoisotopic (exact) mass is 320 g/mol. The van der Waals surface area contributed by atoms with E-state index in [2.05, 4.69) is 23.3 Å². The maximum Gasteiger partial charge on any atom is 0.0994 e. The second-order valence-electron chi connectivity index (χ2n) is 5.07. The highest BCUT2D eigenvalue weighted by molar-refractivity contribution is 7.19. The lowest BCUT2D eigenvalue weighted by atomic mass is 10.1. The first kappa shape index (κ1) is 14.5. The summed E-state index contributed by atoms with van der Waals surface area (Å²) in [5.41, 5.74) is 6.91. The summed E-state index contributed by atoms with van der Waals surface area (Å²) in [5.74, 6) is 0. The normalized spacial score (nSPS) is 12.9. The zero-order valence-electron chi connectivity index (χ0n) is 11.8. The molecule has 110 valence electrons. The molecule has 2 heterocycles. The molecule has 1 unspecified atom stereocenters. The Morgan fingerprint density at radius 3 is 2.95 bits per heavy atom. The zero-order valence-corrected chi connectivity index (χ0v) is 13.4. The summed E-state index contributed by atoms with van der Waals surface area (Å²) in [5, 5.41) is 10.2. The van der Waals surface area contributed by atoms with Gasteiger partial charge in [-0.1, -0.05) is 48.4 Å². The summed E-state index contributed by atoms with van der Waals surface area (Å²) >= 11 is 8.15. The van der Waals surface area contributed by atoms with Crippen LogP contribution in [0, 0.1) is 0 Å². The molecule has 3 aromatic rings. The lowest BCUT2D eigenvalue weighted by molar-refractivity contribution is 0.617. The molecular weight excluding hydrogens is 304 g/mol. The van der Waals surface area contributed by atoms with Crippen LogP contribution in [0.4, 0.5) is 0 Å². The highest BCUT2D eigenvalue weighted by Gasteiger charge is 2.13. The van der Waals surface area contributed by atoms with Crippen molar-refractivity contribution in [1.82, 2.24) is 15.0 Å². The molecule has 4 nitrogen and oxygen atoms in total. The third-order valence-electron chi connectivity index (χ3n) is 3.44. The molecule has 0 aliphatic heterocycles. The molecule has 0 aliphatic rings. The van der Waals surface area contributed by atoms with Crippen molar-refractivity contribution in [2.24, 2.45) is 5.73 Å². The zero-order chi connectivity index (χ0) is 14.8. The van der Waals surface area contributed by atoms with Gasteiger partial charge in [0.25, 0.3) is 0 Å². The SMILES string of the molecule is CCCC(N)c1cn(Cc2sc3ccccc3c2Cl)nn1. The van der Waals surface area contributed by atoms with Crippen molar-refractivity contribution in [3.8, 4) is 0 Å². The minimum Gasteiger partial charge on any atom is -0.323 e. The van der Waals surface area contributed by atoms with Crippen LogP contribution in [0.5, 0.6) is 0 Å². The Balaban J connectivity index is 1.84. The van der Waals surface area contributed by atoms with Crippen LogP contribution in [0.2, 0.25) is 5.02 Å². The van der Waals surface area contributed by atoms with Crippen LogP contribution in [0.15, 0.2) is 30.5 Å². The molecular formula is C15H17ClN4S. The van der Waals surface area contributed by atoms with Crippen molar-refractivity contribution >= 4 is 33.0 Å². The first-order chi connectivity index (χ1) is 10.2. The number of hydrogen-bond donors (Lipinski definition) is 1. The summed E-state index contributed by atoms with van der Waals surface area (Å²) in [6, 6.07) is 8.11. The van der Waals surface area contributed by atoms with Gasteiger partial charge >= 0.3 is 0 Å². The van der Waals surface area contributed by atoms with Crippen LogP contribution >= 0.6 is 22.9 Å². The van der Waals surface area contributed by atoms with E-state index in [1.54, 1.807) is 16.0 Å². The number of rotatable bonds is 5. The molecule has 2 aromatic heterocycles. The molecule has 2 N–H and O–H groups in total. The fourth-order valence-corrected chi connectivity index (χ4v) is 3.82. The Hall–Kier alpha value is -1.43. The molecule has 3 rings (SSSR count). The van der Waals surface area contributed by atoms with Gasteiger partial charge in [0.15, 0.2) is 0 Å². The second kappa shape index (κ2) is 6.13. The first-order valence-electron chi connectivity index (χ1n) is 7.00.